The van der Waals surface area contributed by atoms with Crippen LogP contribution in [0.25, 0.3) is 0 Å². The van der Waals surface area contributed by atoms with Gasteiger partial charge in [-0.2, -0.15) is 0 Å². The Morgan fingerprint density at radius 3 is 2.50 bits per heavy atom. The topological polar surface area (TPSA) is 29.3 Å². The van der Waals surface area contributed by atoms with Gasteiger partial charge in [0.15, 0.2) is 0 Å². The smallest absolute Gasteiger partial charge is 0.125 e. The van der Waals surface area contributed by atoms with E-state index in [0.717, 1.165) is 25.2 Å². The van der Waals surface area contributed by atoms with Crippen LogP contribution < -0.4 is 10.6 Å². The lowest BCUT2D eigenvalue weighted by Crippen LogP contribution is -2.38. The predicted molar refractivity (Wildman–Crippen MR) is 76.3 cm³/mol. The first-order chi connectivity index (χ1) is 8.34. The van der Waals surface area contributed by atoms with Gasteiger partial charge >= 0.3 is 0 Å². The molecular weight excluding hydrogens is 227 g/mol. The number of hydrogen-bond donors (Lipinski definition) is 1. The number of hydrogen-bond acceptors (Lipinski definition) is 2. The van der Waals surface area contributed by atoms with E-state index in [4.69, 9.17) is 5.73 Å². The molecule has 0 heterocycles. The number of rotatable bonds is 5. The maximum absolute atomic E-state index is 13.2. The summed E-state index contributed by atoms with van der Waals surface area (Å²) in [6.45, 7) is 10.2. The Labute approximate surface area is 110 Å². The molecule has 2 nitrogen and oxygen atoms in total. The number of anilines is 1. The van der Waals surface area contributed by atoms with Crippen molar-refractivity contribution in [2.75, 3.05) is 18.0 Å². The molecule has 0 saturated carbocycles. The predicted octanol–water partition coefficient (Wildman–Crippen LogP) is 3.42. The molecular formula is C15H25FN2. The molecule has 0 fully saturated rings. The van der Waals surface area contributed by atoms with Crippen LogP contribution in [0.4, 0.5) is 10.1 Å². The third-order valence-electron chi connectivity index (χ3n) is 3.38. The molecule has 1 aromatic carbocycles. The minimum Gasteiger partial charge on any atom is -0.372 e. The van der Waals surface area contributed by atoms with Crippen LogP contribution in [-0.2, 0) is 0 Å². The SMILES string of the molecule is CCN(CCC(N)C(C)(C)C)c1cccc(F)c1. The van der Waals surface area contributed by atoms with E-state index in [1.54, 1.807) is 12.1 Å². The van der Waals surface area contributed by atoms with Gasteiger partial charge in [0.05, 0.1) is 0 Å². The molecule has 0 amide bonds. The molecule has 1 unspecified atom stereocenters. The molecule has 0 aliphatic heterocycles. The third-order valence-corrected chi connectivity index (χ3v) is 3.38. The summed E-state index contributed by atoms with van der Waals surface area (Å²) in [5.74, 6) is -0.189. The van der Waals surface area contributed by atoms with E-state index in [2.05, 4.69) is 32.6 Å². The van der Waals surface area contributed by atoms with E-state index in [1.165, 1.54) is 6.07 Å². The Hall–Kier alpha value is -1.09. The molecule has 0 radical (unpaired) electrons. The molecule has 0 aliphatic rings. The van der Waals surface area contributed by atoms with E-state index in [0.29, 0.717) is 0 Å². The van der Waals surface area contributed by atoms with Crippen LogP contribution in [0.5, 0.6) is 0 Å². The molecule has 0 aromatic heterocycles. The van der Waals surface area contributed by atoms with Crippen molar-refractivity contribution in [2.45, 2.75) is 40.2 Å². The van der Waals surface area contributed by atoms with Gasteiger partial charge in [0.1, 0.15) is 5.82 Å². The fourth-order valence-electron chi connectivity index (χ4n) is 1.87. The molecule has 1 rings (SSSR count). The first kappa shape index (κ1) is 15.0. The average Bonchev–Trinajstić information content (AvgIpc) is 2.28. The van der Waals surface area contributed by atoms with Gasteiger partial charge < -0.3 is 10.6 Å². The van der Waals surface area contributed by atoms with Crippen molar-refractivity contribution in [3.05, 3.63) is 30.1 Å². The second-order valence-corrected chi connectivity index (χ2v) is 5.82. The zero-order valence-electron chi connectivity index (χ0n) is 11.9. The highest BCUT2D eigenvalue weighted by Crippen LogP contribution is 2.21. The standard InChI is InChI=1S/C15H25FN2/c1-5-18(10-9-14(17)15(2,3)4)13-8-6-7-12(16)11-13/h6-8,11,14H,5,9-10,17H2,1-4H3. The molecule has 18 heavy (non-hydrogen) atoms. The van der Waals surface area contributed by atoms with Gasteiger partial charge in [-0.1, -0.05) is 26.8 Å². The lowest BCUT2D eigenvalue weighted by atomic mass is 9.85. The van der Waals surface area contributed by atoms with Crippen LogP contribution in [0.3, 0.4) is 0 Å². The summed E-state index contributed by atoms with van der Waals surface area (Å²) < 4.78 is 13.2. The highest BCUT2D eigenvalue weighted by atomic mass is 19.1. The van der Waals surface area contributed by atoms with E-state index in [9.17, 15) is 4.39 Å². The summed E-state index contributed by atoms with van der Waals surface area (Å²) in [4.78, 5) is 2.16. The second-order valence-electron chi connectivity index (χ2n) is 5.82. The minimum absolute atomic E-state index is 0.112. The Bertz CT molecular complexity index is 371. The Balaban J connectivity index is 2.63. The van der Waals surface area contributed by atoms with E-state index in [-0.39, 0.29) is 17.3 Å². The molecule has 2 N–H and O–H groups in total. The fourth-order valence-corrected chi connectivity index (χ4v) is 1.87. The summed E-state index contributed by atoms with van der Waals surface area (Å²) in [5, 5.41) is 0. The molecule has 0 aliphatic carbocycles. The molecule has 0 saturated heterocycles. The van der Waals surface area contributed by atoms with Crippen LogP contribution in [0.1, 0.15) is 34.1 Å². The molecule has 0 bridgehead atoms. The number of nitrogens with two attached hydrogens (primary N) is 1. The van der Waals surface area contributed by atoms with Gasteiger partial charge in [-0.25, -0.2) is 4.39 Å². The van der Waals surface area contributed by atoms with Crippen molar-refractivity contribution in [2.24, 2.45) is 11.1 Å². The highest BCUT2D eigenvalue weighted by molar-refractivity contribution is 5.46. The second kappa shape index (κ2) is 6.19. The maximum Gasteiger partial charge on any atom is 0.125 e. The Kier molecular flexibility index (Phi) is 5.15. The molecule has 0 spiro atoms. The zero-order valence-corrected chi connectivity index (χ0v) is 11.9. The largest absolute Gasteiger partial charge is 0.372 e. The molecule has 1 aromatic rings. The fraction of sp³-hybridized carbons (Fsp3) is 0.600. The molecule has 1 atom stereocenters. The first-order valence-corrected chi connectivity index (χ1v) is 6.60. The normalized spacial score (nSPS) is 13.4. The van der Waals surface area contributed by atoms with Crippen molar-refractivity contribution in [3.8, 4) is 0 Å². The summed E-state index contributed by atoms with van der Waals surface area (Å²) in [6.07, 6.45) is 0.911. The maximum atomic E-state index is 13.2. The van der Waals surface area contributed by atoms with Gasteiger partial charge in [-0.05, 0) is 37.0 Å². The first-order valence-electron chi connectivity index (χ1n) is 6.60. The third kappa shape index (κ3) is 4.30. The average molecular weight is 252 g/mol. The van der Waals surface area contributed by atoms with Gasteiger partial charge in [0.25, 0.3) is 0 Å². The summed E-state index contributed by atoms with van der Waals surface area (Å²) in [7, 11) is 0. The van der Waals surface area contributed by atoms with E-state index >= 15 is 0 Å². The molecule has 102 valence electrons. The lowest BCUT2D eigenvalue weighted by molar-refractivity contribution is 0.307. The number of benzene rings is 1. The monoisotopic (exact) mass is 252 g/mol. The van der Waals surface area contributed by atoms with Gasteiger partial charge in [-0.15, -0.1) is 0 Å². The number of halogens is 1. The van der Waals surface area contributed by atoms with Crippen LogP contribution >= 0.6 is 0 Å². The summed E-state index contributed by atoms with van der Waals surface area (Å²) >= 11 is 0. The van der Waals surface area contributed by atoms with Crippen molar-refractivity contribution >= 4 is 5.69 Å². The van der Waals surface area contributed by atoms with E-state index in [1.807, 2.05) is 6.07 Å². The van der Waals surface area contributed by atoms with Crippen LogP contribution in [-0.4, -0.2) is 19.1 Å². The van der Waals surface area contributed by atoms with Crippen molar-refractivity contribution in [1.29, 1.82) is 0 Å². The summed E-state index contributed by atoms with van der Waals surface area (Å²) in [6, 6.07) is 6.89. The summed E-state index contributed by atoms with van der Waals surface area (Å²) in [5.41, 5.74) is 7.20. The Morgan fingerprint density at radius 1 is 1.33 bits per heavy atom. The van der Waals surface area contributed by atoms with Crippen molar-refractivity contribution < 1.29 is 4.39 Å². The zero-order chi connectivity index (χ0) is 13.8. The van der Waals surface area contributed by atoms with Crippen LogP contribution in [0.15, 0.2) is 24.3 Å². The van der Waals surface area contributed by atoms with E-state index < -0.39 is 0 Å². The number of nitrogens with zero attached hydrogens (tertiary/aromatic N) is 1. The van der Waals surface area contributed by atoms with Gasteiger partial charge in [0, 0.05) is 24.8 Å². The van der Waals surface area contributed by atoms with Crippen molar-refractivity contribution in [1.82, 2.24) is 0 Å². The van der Waals surface area contributed by atoms with Gasteiger partial charge in [0.2, 0.25) is 0 Å². The Morgan fingerprint density at radius 2 is 2.00 bits per heavy atom. The van der Waals surface area contributed by atoms with Crippen LogP contribution in [0, 0.1) is 11.2 Å². The highest BCUT2D eigenvalue weighted by Gasteiger charge is 2.21. The quantitative estimate of drug-likeness (QED) is 0.870. The van der Waals surface area contributed by atoms with Gasteiger partial charge in [-0.3, -0.25) is 0 Å². The lowest BCUT2D eigenvalue weighted by Gasteiger charge is -2.30. The van der Waals surface area contributed by atoms with Crippen LogP contribution in [0.2, 0.25) is 0 Å². The minimum atomic E-state index is -0.189. The van der Waals surface area contributed by atoms with Crippen molar-refractivity contribution in [3.63, 3.8) is 0 Å². The molecule has 3 heteroatoms.